The van der Waals surface area contributed by atoms with E-state index in [4.69, 9.17) is 30.9 Å². The highest BCUT2D eigenvalue weighted by molar-refractivity contribution is 6.34. The summed E-state index contributed by atoms with van der Waals surface area (Å²) < 4.78 is 16.7. The van der Waals surface area contributed by atoms with Crippen LogP contribution in [0.5, 0.6) is 6.01 Å². The monoisotopic (exact) mass is 591 g/mol. The number of aliphatic carboxylic acids is 1. The topological polar surface area (TPSA) is 117 Å². The smallest absolute Gasteiger partial charge is 0.332 e. The molecule has 2 fully saturated rings. The van der Waals surface area contributed by atoms with E-state index >= 15 is 0 Å². The Morgan fingerprint density at radius 3 is 2.50 bits per heavy atom. The summed E-state index contributed by atoms with van der Waals surface area (Å²) >= 11 is 6.67. The number of likely N-dealkylation sites (tertiary alicyclic amines) is 1. The number of aliphatic hydroxyl groups excluding tert-OH is 1. The minimum atomic E-state index is -0.981. The van der Waals surface area contributed by atoms with Crippen molar-refractivity contribution in [2.24, 2.45) is 5.92 Å². The van der Waals surface area contributed by atoms with Crippen molar-refractivity contribution in [3.05, 3.63) is 71.2 Å². The Labute approximate surface area is 249 Å². The Bertz CT molecular complexity index is 1520. The van der Waals surface area contributed by atoms with Gasteiger partial charge in [0.15, 0.2) is 6.10 Å². The van der Waals surface area contributed by atoms with Crippen LogP contribution in [0.3, 0.4) is 0 Å². The van der Waals surface area contributed by atoms with Crippen LogP contribution in [0.2, 0.25) is 5.02 Å². The maximum atomic E-state index is 11.3. The number of H-pyrrole nitrogens is 1. The second-order valence-corrected chi connectivity index (χ2v) is 11.4. The van der Waals surface area contributed by atoms with Crippen molar-refractivity contribution >= 4 is 28.6 Å². The molecule has 0 saturated carbocycles. The molecule has 3 heterocycles. The number of nitrogens with zero attached hydrogens (tertiary/aromatic N) is 2. The molecule has 6 rings (SSSR count). The number of hydrogen-bond acceptors (Lipinski definition) is 7. The van der Waals surface area contributed by atoms with Crippen LogP contribution in [-0.4, -0.2) is 82.8 Å². The number of halogens is 1. The van der Waals surface area contributed by atoms with Gasteiger partial charge in [0.1, 0.15) is 6.10 Å². The van der Waals surface area contributed by atoms with Crippen LogP contribution in [0.25, 0.3) is 33.3 Å². The molecule has 220 valence electrons. The van der Waals surface area contributed by atoms with Crippen molar-refractivity contribution in [3.8, 4) is 28.3 Å². The summed E-state index contributed by atoms with van der Waals surface area (Å²) in [6.45, 7) is 4.52. The van der Waals surface area contributed by atoms with Gasteiger partial charge in [0.05, 0.1) is 42.5 Å². The predicted molar refractivity (Wildman–Crippen MR) is 160 cm³/mol. The minimum absolute atomic E-state index is 0.0776. The van der Waals surface area contributed by atoms with Gasteiger partial charge in [-0.15, -0.1) is 0 Å². The lowest BCUT2D eigenvalue weighted by molar-refractivity contribution is -0.156. The number of rotatable bonds is 11. The second-order valence-electron chi connectivity index (χ2n) is 11.0. The SMILES string of the molecule is O=C(O)[C@@H]1CC(Oc2nc3cc(-c4ccc(-c5ccc(CN6CC(COCCO)C6)cc5)cc4)c(Cl)cc3[nH]2)CCO1. The van der Waals surface area contributed by atoms with E-state index in [1.807, 2.05) is 12.1 Å². The minimum Gasteiger partial charge on any atom is -0.479 e. The molecule has 2 saturated heterocycles. The number of ether oxygens (including phenoxy) is 3. The first-order valence-corrected chi connectivity index (χ1v) is 14.6. The molecule has 9 nitrogen and oxygen atoms in total. The third-order valence-electron chi connectivity index (χ3n) is 7.85. The van der Waals surface area contributed by atoms with Crippen molar-refractivity contribution in [1.82, 2.24) is 14.9 Å². The van der Waals surface area contributed by atoms with E-state index in [9.17, 15) is 9.90 Å². The normalized spacial score (nSPS) is 19.6. The molecule has 3 aromatic carbocycles. The van der Waals surface area contributed by atoms with Gasteiger partial charge in [-0.3, -0.25) is 4.90 Å². The van der Waals surface area contributed by atoms with Gasteiger partial charge in [-0.1, -0.05) is 60.1 Å². The van der Waals surface area contributed by atoms with Gasteiger partial charge in [-0.2, -0.15) is 4.98 Å². The van der Waals surface area contributed by atoms with Crippen LogP contribution in [-0.2, 0) is 20.8 Å². The quantitative estimate of drug-likeness (QED) is 0.209. The number of hydrogen-bond donors (Lipinski definition) is 3. The van der Waals surface area contributed by atoms with Crippen molar-refractivity contribution in [2.45, 2.75) is 31.6 Å². The molecule has 0 aliphatic carbocycles. The average Bonchev–Trinajstić information content (AvgIpc) is 3.36. The lowest BCUT2D eigenvalue weighted by Gasteiger charge is -2.39. The summed E-state index contributed by atoms with van der Waals surface area (Å²) in [6.07, 6.45) is -0.279. The Morgan fingerprint density at radius 2 is 1.79 bits per heavy atom. The number of carboxylic acid groups (broad SMARTS) is 1. The average molecular weight is 592 g/mol. The number of fused-ring (bicyclic) bond motifs is 1. The van der Waals surface area contributed by atoms with Crippen LogP contribution in [0.15, 0.2) is 60.7 Å². The first-order chi connectivity index (χ1) is 20.4. The molecular formula is C32H34ClN3O6. The molecular weight excluding hydrogens is 558 g/mol. The van der Waals surface area contributed by atoms with E-state index in [0.717, 1.165) is 59.5 Å². The molecule has 0 amide bonds. The summed E-state index contributed by atoms with van der Waals surface area (Å²) in [6, 6.07) is 21.1. The van der Waals surface area contributed by atoms with Crippen LogP contribution in [0, 0.1) is 5.92 Å². The Hall–Kier alpha value is -3.47. The molecule has 10 heteroatoms. The van der Waals surface area contributed by atoms with Crippen molar-refractivity contribution < 1.29 is 29.2 Å². The van der Waals surface area contributed by atoms with Gasteiger partial charge in [-0.25, -0.2) is 4.79 Å². The number of aromatic amines is 1. The molecule has 0 radical (unpaired) electrons. The fourth-order valence-corrected chi connectivity index (χ4v) is 5.89. The molecule has 1 aromatic heterocycles. The first-order valence-electron chi connectivity index (χ1n) is 14.3. The van der Waals surface area contributed by atoms with Crippen LogP contribution in [0.1, 0.15) is 18.4 Å². The zero-order valence-electron chi connectivity index (χ0n) is 23.2. The van der Waals surface area contributed by atoms with E-state index in [-0.39, 0.29) is 19.1 Å². The van der Waals surface area contributed by atoms with E-state index in [2.05, 4.69) is 63.4 Å². The van der Waals surface area contributed by atoms with Gasteiger partial charge >= 0.3 is 5.97 Å². The van der Waals surface area contributed by atoms with Gasteiger partial charge < -0.3 is 29.4 Å². The van der Waals surface area contributed by atoms with Gasteiger partial charge in [0, 0.05) is 44.0 Å². The van der Waals surface area contributed by atoms with E-state index in [0.29, 0.717) is 36.6 Å². The number of aromatic nitrogens is 2. The second kappa shape index (κ2) is 12.8. The fraction of sp³-hybridized carbons (Fsp3) is 0.375. The number of imidazole rings is 1. The molecule has 0 bridgehead atoms. The van der Waals surface area contributed by atoms with Gasteiger partial charge in [0.25, 0.3) is 6.01 Å². The van der Waals surface area contributed by atoms with Crippen LogP contribution in [0.4, 0.5) is 0 Å². The highest BCUT2D eigenvalue weighted by Gasteiger charge is 2.30. The summed E-state index contributed by atoms with van der Waals surface area (Å²) in [5.74, 6) is -0.427. The maximum absolute atomic E-state index is 11.3. The lowest BCUT2D eigenvalue weighted by Crippen LogP contribution is -2.48. The summed E-state index contributed by atoms with van der Waals surface area (Å²) in [4.78, 5) is 21.4. The molecule has 2 aliphatic rings. The van der Waals surface area contributed by atoms with Gasteiger partial charge in [-0.05, 0) is 34.4 Å². The molecule has 3 N–H and O–H groups in total. The standard InChI is InChI=1S/C32H34ClN3O6/c33-27-15-29-28(34-32(35-29)42-25-9-11-41-30(13-25)31(38)39)14-26(27)24-7-5-23(6-8-24)22-3-1-20(2-4-22)16-36-17-21(18-36)19-40-12-10-37/h1-8,14-15,21,25,30,37H,9-13,16-19H2,(H,34,35)(H,38,39)/t25?,30-/m0/s1. The third kappa shape index (κ3) is 6.61. The molecule has 2 atom stereocenters. The number of carboxylic acids is 1. The number of carbonyl (C=O) groups is 1. The van der Waals surface area contributed by atoms with E-state index in [1.54, 1.807) is 0 Å². The van der Waals surface area contributed by atoms with Crippen molar-refractivity contribution in [2.75, 3.05) is 39.5 Å². The van der Waals surface area contributed by atoms with E-state index in [1.165, 1.54) is 5.56 Å². The Balaban J connectivity index is 1.08. The molecule has 42 heavy (non-hydrogen) atoms. The molecule has 2 aliphatic heterocycles. The number of benzene rings is 3. The first kappa shape index (κ1) is 28.6. The maximum Gasteiger partial charge on any atom is 0.332 e. The van der Waals surface area contributed by atoms with Crippen molar-refractivity contribution in [3.63, 3.8) is 0 Å². The third-order valence-corrected chi connectivity index (χ3v) is 8.16. The van der Waals surface area contributed by atoms with Crippen LogP contribution >= 0.6 is 11.6 Å². The summed E-state index contributed by atoms with van der Waals surface area (Å²) in [5.41, 5.74) is 6.88. The zero-order valence-corrected chi connectivity index (χ0v) is 23.9. The van der Waals surface area contributed by atoms with Crippen LogP contribution < -0.4 is 4.74 Å². The fourth-order valence-electron chi connectivity index (χ4n) is 5.62. The number of aliphatic hydroxyl groups is 1. The predicted octanol–water partition coefficient (Wildman–Crippen LogP) is 5.00. The summed E-state index contributed by atoms with van der Waals surface area (Å²) in [7, 11) is 0. The molecule has 0 spiro atoms. The summed E-state index contributed by atoms with van der Waals surface area (Å²) in [5, 5.41) is 18.7. The largest absolute Gasteiger partial charge is 0.479 e. The zero-order chi connectivity index (χ0) is 29.1. The highest BCUT2D eigenvalue weighted by atomic mass is 35.5. The number of nitrogens with one attached hydrogen (secondary N) is 1. The van der Waals surface area contributed by atoms with E-state index < -0.39 is 12.1 Å². The van der Waals surface area contributed by atoms with Crippen molar-refractivity contribution in [1.29, 1.82) is 0 Å². The highest BCUT2D eigenvalue weighted by Crippen LogP contribution is 2.34. The van der Waals surface area contributed by atoms with Gasteiger partial charge in [0.2, 0.25) is 0 Å². The molecule has 1 unspecified atom stereocenters. The lowest BCUT2D eigenvalue weighted by atomic mass is 9.98. The Morgan fingerprint density at radius 1 is 1.07 bits per heavy atom. The Kier molecular flexibility index (Phi) is 8.73. The molecule has 4 aromatic rings.